The van der Waals surface area contributed by atoms with Gasteiger partial charge in [0.1, 0.15) is 17.1 Å². The summed E-state index contributed by atoms with van der Waals surface area (Å²) in [5, 5.41) is -0.389. The van der Waals surface area contributed by atoms with Crippen LogP contribution in [-0.2, 0) is 9.53 Å². The van der Waals surface area contributed by atoms with E-state index in [1.54, 1.807) is 25.3 Å². The van der Waals surface area contributed by atoms with Gasteiger partial charge in [-0.1, -0.05) is 6.08 Å². The molecule has 7 heteroatoms. The molecule has 0 N–H and O–H groups in total. The molecule has 130 valence electrons. The number of hydrogen-bond acceptors (Lipinski definition) is 5. The molecule has 3 rings (SSSR count). The summed E-state index contributed by atoms with van der Waals surface area (Å²) in [6, 6.07) is 7.25. The summed E-state index contributed by atoms with van der Waals surface area (Å²) in [7, 11) is 1.60. The molecule has 1 amide bonds. The third-order valence-electron chi connectivity index (χ3n) is 3.81. The van der Waals surface area contributed by atoms with Crippen molar-refractivity contribution in [3.8, 4) is 11.5 Å². The molecule has 0 saturated carbocycles. The van der Waals surface area contributed by atoms with Gasteiger partial charge in [-0.25, -0.2) is 4.79 Å². The van der Waals surface area contributed by atoms with Crippen molar-refractivity contribution in [2.75, 3.05) is 20.3 Å². The van der Waals surface area contributed by atoms with Crippen molar-refractivity contribution in [1.29, 1.82) is 0 Å². The lowest BCUT2D eigenvalue weighted by molar-refractivity contribution is -0.446. The topological polar surface area (TPSA) is 64.8 Å². The maximum Gasteiger partial charge on any atom is 0.605 e. The molecule has 2 aliphatic rings. The first-order chi connectivity index (χ1) is 12.1. The van der Waals surface area contributed by atoms with Crippen molar-refractivity contribution in [3.63, 3.8) is 0 Å². The Hall–Kier alpha value is -2.60. The van der Waals surface area contributed by atoms with Crippen molar-refractivity contribution in [2.24, 2.45) is 0 Å². The summed E-state index contributed by atoms with van der Waals surface area (Å²) in [5.41, 5.74) is 0.834. The fraction of sp³-hybridized carbons (Fsp3) is 0.278. The highest BCUT2D eigenvalue weighted by atomic mass is 35.5. The largest absolute Gasteiger partial charge is 0.605 e. The van der Waals surface area contributed by atoms with E-state index < -0.39 is 12.1 Å². The summed E-state index contributed by atoms with van der Waals surface area (Å²) >= 11 is 5.99. The number of ether oxygens (including phenoxy) is 3. The summed E-state index contributed by atoms with van der Waals surface area (Å²) < 4.78 is 16.9. The van der Waals surface area contributed by atoms with E-state index in [-0.39, 0.29) is 5.38 Å². The maximum absolute atomic E-state index is 12.0. The number of fused-ring (bicyclic) bond motifs is 1. The number of halogens is 1. The number of hydrogen-bond donors (Lipinski definition) is 0. The van der Waals surface area contributed by atoms with Gasteiger partial charge in [0.2, 0.25) is 5.71 Å². The summed E-state index contributed by atoms with van der Waals surface area (Å²) in [5.74, 6) is 0.805. The number of cyclic esters (lactones) is 2. The van der Waals surface area contributed by atoms with Gasteiger partial charge in [0.25, 0.3) is 0 Å². The van der Waals surface area contributed by atoms with Crippen LogP contribution in [0.1, 0.15) is 6.42 Å². The van der Waals surface area contributed by atoms with Crippen molar-refractivity contribution in [2.45, 2.75) is 11.8 Å². The lowest BCUT2D eigenvalue weighted by Gasteiger charge is -2.16. The Bertz CT molecular complexity index is 779. The third kappa shape index (κ3) is 3.91. The molecule has 1 aliphatic heterocycles. The van der Waals surface area contributed by atoms with Gasteiger partial charge in [-0.05, 0) is 30.3 Å². The average molecular weight is 363 g/mol. The van der Waals surface area contributed by atoms with E-state index >= 15 is 0 Å². The van der Waals surface area contributed by atoms with Crippen LogP contribution >= 0.6 is 11.6 Å². The highest BCUT2D eigenvalue weighted by Crippen LogP contribution is 2.20. The van der Waals surface area contributed by atoms with E-state index in [0.29, 0.717) is 36.6 Å². The van der Waals surface area contributed by atoms with Crippen LogP contribution in [0.2, 0.25) is 0 Å². The number of carbonyl (C=O) groups is 2. The standard InChI is InChI=1S/C18H17ClNO5/c1-23-13-4-6-14(7-5-13)24-10-2-9-20-16-8-3-12(19)11-15(16)17(21)25-18(20)22/h3-8,11-12H,2,9-10H2,1H3/q+1. The average Bonchev–Trinajstić information content (AvgIpc) is 2.61. The molecule has 0 spiro atoms. The van der Waals surface area contributed by atoms with Gasteiger partial charge in [-0.2, -0.15) is 4.79 Å². The van der Waals surface area contributed by atoms with Crippen LogP contribution < -0.4 is 9.47 Å². The smallest absolute Gasteiger partial charge is 0.497 e. The minimum absolute atomic E-state index is 0.318. The van der Waals surface area contributed by atoms with Gasteiger partial charge >= 0.3 is 12.1 Å². The number of alkyl halides is 1. The van der Waals surface area contributed by atoms with E-state index in [2.05, 4.69) is 0 Å². The minimum Gasteiger partial charge on any atom is -0.497 e. The Balaban J connectivity index is 1.62. The van der Waals surface area contributed by atoms with Gasteiger partial charge in [-0.15, -0.1) is 16.2 Å². The van der Waals surface area contributed by atoms with Crippen molar-refractivity contribution in [1.82, 2.24) is 0 Å². The molecule has 0 saturated heterocycles. The first-order valence-electron chi connectivity index (χ1n) is 7.80. The third-order valence-corrected chi connectivity index (χ3v) is 4.08. The Morgan fingerprint density at radius 1 is 1.20 bits per heavy atom. The number of methoxy groups -OCH3 is 1. The van der Waals surface area contributed by atoms with E-state index in [1.807, 2.05) is 24.3 Å². The molecule has 0 radical (unpaired) electrons. The lowest BCUT2D eigenvalue weighted by atomic mass is 10.0. The number of benzene rings is 1. The van der Waals surface area contributed by atoms with Gasteiger partial charge < -0.3 is 14.2 Å². The van der Waals surface area contributed by atoms with Gasteiger partial charge in [0.15, 0.2) is 6.54 Å². The number of allylic oxidation sites excluding steroid dienone is 3. The fourth-order valence-corrected chi connectivity index (χ4v) is 2.76. The van der Waals surface area contributed by atoms with Gasteiger partial charge in [0, 0.05) is 12.5 Å². The molecular formula is C18H17ClNO5+. The summed E-state index contributed by atoms with van der Waals surface area (Å²) in [4.78, 5) is 23.8. The monoisotopic (exact) mass is 362 g/mol. The second-order valence-electron chi connectivity index (χ2n) is 5.45. The highest BCUT2D eigenvalue weighted by molar-refractivity contribution is 6.30. The van der Waals surface area contributed by atoms with Crippen LogP contribution in [0.15, 0.2) is 48.1 Å². The number of esters is 1. The van der Waals surface area contributed by atoms with Crippen LogP contribution in [-0.4, -0.2) is 48.0 Å². The number of amides is 1. The molecule has 1 atom stereocenters. The predicted molar refractivity (Wildman–Crippen MR) is 91.6 cm³/mol. The molecule has 1 unspecified atom stereocenters. The van der Waals surface area contributed by atoms with Crippen molar-refractivity contribution >= 4 is 29.4 Å². The molecule has 0 bridgehead atoms. The van der Waals surface area contributed by atoms with Gasteiger partial charge in [0.05, 0.1) is 19.1 Å². The molecule has 0 fully saturated rings. The minimum atomic E-state index is -0.681. The zero-order valence-electron chi connectivity index (χ0n) is 13.6. The Labute approximate surface area is 149 Å². The molecule has 6 nitrogen and oxygen atoms in total. The van der Waals surface area contributed by atoms with Crippen LogP contribution in [0, 0.1) is 0 Å². The first-order valence-corrected chi connectivity index (χ1v) is 8.24. The number of rotatable bonds is 6. The second-order valence-corrected chi connectivity index (χ2v) is 5.96. The first kappa shape index (κ1) is 17.2. The zero-order valence-corrected chi connectivity index (χ0v) is 14.4. The maximum atomic E-state index is 12.0. The SMILES string of the molecule is COc1ccc(OCCC[N+]2=C3C=CC(Cl)C=C3C(=O)OC2=O)cc1. The summed E-state index contributed by atoms with van der Waals surface area (Å²) in [6.45, 7) is 0.782. The second kappa shape index (κ2) is 7.53. The lowest BCUT2D eigenvalue weighted by Crippen LogP contribution is -2.40. The van der Waals surface area contributed by atoms with Crippen LogP contribution in [0.4, 0.5) is 4.79 Å². The van der Waals surface area contributed by atoms with Crippen LogP contribution in [0.25, 0.3) is 0 Å². The Kier molecular flexibility index (Phi) is 5.19. The molecule has 25 heavy (non-hydrogen) atoms. The molecule has 0 aromatic heterocycles. The molecule has 1 aliphatic carbocycles. The van der Waals surface area contributed by atoms with Crippen molar-refractivity contribution in [3.05, 3.63) is 48.1 Å². The Morgan fingerprint density at radius 2 is 1.92 bits per heavy atom. The van der Waals surface area contributed by atoms with E-state index in [1.165, 1.54) is 4.58 Å². The highest BCUT2D eigenvalue weighted by Gasteiger charge is 2.40. The molecule has 1 heterocycles. The predicted octanol–water partition coefficient (Wildman–Crippen LogP) is 2.70. The number of nitrogens with zero attached hydrogens (tertiary/aromatic N) is 1. The molecule has 1 aromatic carbocycles. The molecule has 1 aromatic rings. The zero-order chi connectivity index (χ0) is 17.8. The number of carbonyl (C=O) groups excluding carboxylic acids is 2. The fourth-order valence-electron chi connectivity index (χ4n) is 2.57. The van der Waals surface area contributed by atoms with E-state index in [4.69, 9.17) is 25.8 Å². The van der Waals surface area contributed by atoms with Crippen molar-refractivity contribution < 1.29 is 28.4 Å². The normalized spacial score (nSPS) is 19.3. The van der Waals surface area contributed by atoms with Crippen LogP contribution in [0.3, 0.4) is 0 Å². The summed E-state index contributed by atoms with van der Waals surface area (Å²) in [6.07, 6.45) is 4.86. The Morgan fingerprint density at radius 3 is 2.64 bits per heavy atom. The van der Waals surface area contributed by atoms with E-state index in [9.17, 15) is 9.59 Å². The van der Waals surface area contributed by atoms with Gasteiger partial charge in [-0.3, -0.25) is 0 Å². The molecular weight excluding hydrogens is 346 g/mol. The van der Waals surface area contributed by atoms with E-state index in [0.717, 1.165) is 5.75 Å². The quantitative estimate of drug-likeness (QED) is 0.256. The van der Waals surface area contributed by atoms with Crippen LogP contribution in [0.5, 0.6) is 11.5 Å².